The second-order valence-corrected chi connectivity index (χ2v) is 6.51. The van der Waals surface area contributed by atoms with Crippen LogP contribution in [-0.2, 0) is 0 Å². The van der Waals surface area contributed by atoms with E-state index in [-0.39, 0.29) is 0 Å². The molecule has 0 radical (unpaired) electrons. The van der Waals surface area contributed by atoms with Crippen LogP contribution >= 0.6 is 11.3 Å². The highest BCUT2D eigenvalue weighted by Gasteiger charge is 2.54. The lowest BCUT2D eigenvalue weighted by Gasteiger charge is -2.16. The first-order chi connectivity index (χ1) is 7.83. The predicted octanol–water partition coefficient (Wildman–Crippen LogP) is 3.75. The summed E-state index contributed by atoms with van der Waals surface area (Å²) < 4.78 is 0. The molecule has 3 atom stereocenters. The predicted molar refractivity (Wildman–Crippen MR) is 69.8 cm³/mol. The third kappa shape index (κ3) is 1.63. The van der Waals surface area contributed by atoms with E-state index in [1.165, 1.54) is 30.6 Å². The molecule has 2 heteroatoms. The first-order valence-electron chi connectivity index (χ1n) is 6.54. The molecule has 2 aliphatic carbocycles. The van der Waals surface area contributed by atoms with Crippen molar-refractivity contribution in [1.82, 2.24) is 5.32 Å². The number of fused-ring (bicyclic) bond motifs is 1. The van der Waals surface area contributed by atoms with Crippen molar-refractivity contribution in [3.05, 3.63) is 21.9 Å². The van der Waals surface area contributed by atoms with Crippen LogP contribution in [0.25, 0.3) is 0 Å². The van der Waals surface area contributed by atoms with E-state index in [2.05, 4.69) is 30.7 Å². The molecule has 1 aromatic heterocycles. The highest BCUT2D eigenvalue weighted by Crippen LogP contribution is 2.60. The molecule has 88 valence electrons. The summed E-state index contributed by atoms with van der Waals surface area (Å²) >= 11 is 1.89. The monoisotopic (exact) mass is 235 g/mol. The Balaban J connectivity index is 1.80. The van der Waals surface area contributed by atoms with Gasteiger partial charge in [0, 0.05) is 10.9 Å². The van der Waals surface area contributed by atoms with Gasteiger partial charge in [0.2, 0.25) is 0 Å². The van der Waals surface area contributed by atoms with Gasteiger partial charge in [-0.1, -0.05) is 12.8 Å². The molecule has 1 aromatic rings. The molecule has 2 saturated carbocycles. The van der Waals surface area contributed by atoms with Crippen molar-refractivity contribution >= 4 is 11.3 Å². The van der Waals surface area contributed by atoms with Gasteiger partial charge in [-0.3, -0.25) is 0 Å². The van der Waals surface area contributed by atoms with Crippen LogP contribution in [-0.4, -0.2) is 7.05 Å². The molecule has 1 heterocycles. The van der Waals surface area contributed by atoms with Gasteiger partial charge >= 0.3 is 0 Å². The summed E-state index contributed by atoms with van der Waals surface area (Å²) in [6, 6.07) is 2.95. The number of nitrogens with one attached hydrogen (secondary N) is 1. The van der Waals surface area contributed by atoms with Gasteiger partial charge in [-0.25, -0.2) is 0 Å². The van der Waals surface area contributed by atoms with Crippen molar-refractivity contribution in [3.63, 3.8) is 0 Å². The minimum Gasteiger partial charge on any atom is -0.313 e. The van der Waals surface area contributed by atoms with Crippen molar-refractivity contribution in [2.24, 2.45) is 17.8 Å². The van der Waals surface area contributed by atoms with Crippen molar-refractivity contribution in [2.75, 3.05) is 7.05 Å². The van der Waals surface area contributed by atoms with E-state index < -0.39 is 0 Å². The summed E-state index contributed by atoms with van der Waals surface area (Å²) in [6.07, 6.45) is 5.90. The molecule has 3 unspecified atom stereocenters. The number of hydrogen-bond donors (Lipinski definition) is 1. The first kappa shape index (κ1) is 10.8. The van der Waals surface area contributed by atoms with Gasteiger partial charge in [0.15, 0.2) is 0 Å². The van der Waals surface area contributed by atoms with E-state index >= 15 is 0 Å². The molecule has 0 aliphatic heterocycles. The fraction of sp³-hybridized carbons (Fsp3) is 0.714. The summed E-state index contributed by atoms with van der Waals surface area (Å²) in [5.41, 5.74) is 1.56. The average Bonchev–Trinajstić information content (AvgIpc) is 2.87. The Labute approximate surface area is 102 Å². The van der Waals surface area contributed by atoms with E-state index in [4.69, 9.17) is 0 Å². The molecule has 1 N–H and O–H groups in total. The van der Waals surface area contributed by atoms with Crippen LogP contribution in [0.15, 0.2) is 11.4 Å². The fourth-order valence-corrected chi connectivity index (χ4v) is 4.56. The van der Waals surface area contributed by atoms with Crippen LogP contribution in [0.3, 0.4) is 0 Å². The summed E-state index contributed by atoms with van der Waals surface area (Å²) in [5, 5.41) is 5.81. The summed E-state index contributed by atoms with van der Waals surface area (Å²) in [5.74, 6) is 3.00. The molecule has 1 nitrogen and oxygen atoms in total. The van der Waals surface area contributed by atoms with Crippen LogP contribution in [0.4, 0.5) is 0 Å². The molecular weight excluding hydrogens is 214 g/mol. The highest BCUT2D eigenvalue weighted by molar-refractivity contribution is 7.10. The van der Waals surface area contributed by atoms with E-state index in [0.29, 0.717) is 6.04 Å². The lowest BCUT2D eigenvalue weighted by molar-refractivity contribution is 0.480. The topological polar surface area (TPSA) is 12.0 Å². The van der Waals surface area contributed by atoms with E-state index in [9.17, 15) is 0 Å². The van der Waals surface area contributed by atoms with Crippen molar-refractivity contribution in [3.8, 4) is 0 Å². The minimum absolute atomic E-state index is 0.624. The standard InChI is InChI=1S/C14H21NS/c1-9-10(7-8-16-9)14(15-2)13-11-5-3-4-6-12(11)13/h7-8,11-15H,3-6H2,1-2H3. The van der Waals surface area contributed by atoms with Gasteiger partial charge in [-0.05, 0) is 61.6 Å². The zero-order valence-corrected chi connectivity index (χ0v) is 11.0. The number of thiophene rings is 1. The Morgan fingerprint density at radius 1 is 1.31 bits per heavy atom. The Morgan fingerprint density at radius 2 is 2.00 bits per heavy atom. The Morgan fingerprint density at radius 3 is 2.50 bits per heavy atom. The molecule has 16 heavy (non-hydrogen) atoms. The van der Waals surface area contributed by atoms with E-state index in [1.54, 1.807) is 5.56 Å². The quantitative estimate of drug-likeness (QED) is 0.841. The zero-order valence-electron chi connectivity index (χ0n) is 10.2. The minimum atomic E-state index is 0.624. The third-order valence-electron chi connectivity index (χ3n) is 4.65. The first-order valence-corrected chi connectivity index (χ1v) is 7.42. The molecular formula is C14H21NS. The van der Waals surface area contributed by atoms with Crippen LogP contribution < -0.4 is 5.32 Å². The number of rotatable bonds is 3. The van der Waals surface area contributed by atoms with E-state index in [1.807, 2.05) is 11.3 Å². The molecule has 3 rings (SSSR count). The molecule has 0 bridgehead atoms. The second-order valence-electron chi connectivity index (χ2n) is 5.39. The maximum Gasteiger partial charge on any atom is 0.0362 e. The molecule has 0 aromatic carbocycles. The SMILES string of the molecule is CNC(c1ccsc1C)C1C2CCCCC21. The molecule has 0 spiro atoms. The highest BCUT2D eigenvalue weighted by atomic mass is 32.1. The third-order valence-corrected chi connectivity index (χ3v) is 5.51. The zero-order chi connectivity index (χ0) is 11.1. The Kier molecular flexibility index (Phi) is 2.80. The Bertz CT molecular complexity index is 359. The Hall–Kier alpha value is -0.340. The van der Waals surface area contributed by atoms with Crippen LogP contribution in [0.2, 0.25) is 0 Å². The maximum absolute atomic E-state index is 3.57. The fourth-order valence-electron chi connectivity index (χ4n) is 3.81. The van der Waals surface area contributed by atoms with Gasteiger partial charge in [0.1, 0.15) is 0 Å². The summed E-state index contributed by atoms with van der Waals surface area (Å²) in [7, 11) is 2.13. The number of aryl methyl sites for hydroxylation is 1. The lowest BCUT2D eigenvalue weighted by Crippen LogP contribution is -2.19. The largest absolute Gasteiger partial charge is 0.313 e. The maximum atomic E-state index is 3.57. The van der Waals surface area contributed by atoms with Gasteiger partial charge < -0.3 is 5.32 Å². The molecule has 2 fully saturated rings. The van der Waals surface area contributed by atoms with Crippen LogP contribution in [0.1, 0.15) is 42.2 Å². The lowest BCUT2D eigenvalue weighted by atomic mass is 10.0. The average molecular weight is 235 g/mol. The van der Waals surface area contributed by atoms with Crippen molar-refractivity contribution in [2.45, 2.75) is 38.6 Å². The summed E-state index contributed by atoms with van der Waals surface area (Å²) in [6.45, 7) is 2.26. The van der Waals surface area contributed by atoms with Crippen molar-refractivity contribution in [1.29, 1.82) is 0 Å². The normalized spacial score (nSPS) is 34.5. The number of hydrogen-bond acceptors (Lipinski definition) is 2. The summed E-state index contributed by atoms with van der Waals surface area (Å²) in [4.78, 5) is 1.50. The van der Waals surface area contributed by atoms with Crippen LogP contribution in [0.5, 0.6) is 0 Å². The molecule has 2 aliphatic rings. The van der Waals surface area contributed by atoms with Crippen LogP contribution in [0, 0.1) is 24.7 Å². The van der Waals surface area contributed by atoms with Crippen molar-refractivity contribution < 1.29 is 0 Å². The molecule has 0 amide bonds. The van der Waals surface area contributed by atoms with E-state index in [0.717, 1.165) is 17.8 Å². The van der Waals surface area contributed by atoms with Gasteiger partial charge in [-0.2, -0.15) is 0 Å². The van der Waals surface area contributed by atoms with Gasteiger partial charge in [0.05, 0.1) is 0 Å². The van der Waals surface area contributed by atoms with Gasteiger partial charge in [0.25, 0.3) is 0 Å². The second kappa shape index (κ2) is 4.15. The molecule has 0 saturated heterocycles. The van der Waals surface area contributed by atoms with Gasteiger partial charge in [-0.15, -0.1) is 11.3 Å². The smallest absolute Gasteiger partial charge is 0.0362 e.